The summed E-state index contributed by atoms with van der Waals surface area (Å²) in [5.41, 5.74) is -1.73. The molecule has 0 atom stereocenters. The smallest absolute Gasteiger partial charge is 0.398 e. The minimum atomic E-state index is -3.35. The van der Waals surface area contributed by atoms with Crippen LogP contribution < -0.4 is 5.59 Å². The number of hydrogen-bond donors (Lipinski definition) is 0. The van der Waals surface area contributed by atoms with E-state index in [1.165, 1.54) is 0 Å². The van der Waals surface area contributed by atoms with Gasteiger partial charge in [0.25, 0.3) is 0 Å². The van der Waals surface area contributed by atoms with Gasteiger partial charge in [0.2, 0.25) is 0 Å². The molecule has 4 nitrogen and oxygen atoms in total. The minimum absolute atomic E-state index is 0.209. The lowest BCUT2D eigenvalue weighted by atomic mass is 9.85. The summed E-state index contributed by atoms with van der Waals surface area (Å²) in [7, 11) is -1.16. The van der Waals surface area contributed by atoms with E-state index in [2.05, 4.69) is 5.10 Å². The molecule has 2 rings (SSSR count). The molecule has 0 amide bonds. The first-order chi connectivity index (χ1) is 11.4. The second-order valence-corrected chi connectivity index (χ2v) is 4.86. The SMILES string of the molecule is [2H]c1c(B2OC(C)(C)C(C)(C)O2)nn(C([2H])([2H])C([2H])([2H])C([2H])([2H])[2H])c1[2H]. The third kappa shape index (κ3) is 2.26. The van der Waals surface area contributed by atoms with Crippen LogP contribution in [-0.2, 0) is 15.8 Å². The van der Waals surface area contributed by atoms with Crippen LogP contribution in [0.4, 0.5) is 0 Å². The molecule has 0 bridgehead atoms. The fourth-order valence-electron chi connectivity index (χ4n) is 1.43. The maximum Gasteiger partial charge on any atom is 0.516 e. The second kappa shape index (κ2) is 4.14. The Hall–Kier alpha value is -0.805. The number of hydrogen-bond acceptors (Lipinski definition) is 3. The molecule has 2 heterocycles. The Labute approximate surface area is 116 Å². The van der Waals surface area contributed by atoms with Crippen molar-refractivity contribution in [2.24, 2.45) is 0 Å². The van der Waals surface area contributed by atoms with Crippen molar-refractivity contribution < 1.29 is 21.6 Å². The highest BCUT2D eigenvalue weighted by molar-refractivity contribution is 6.61. The van der Waals surface area contributed by atoms with Crippen molar-refractivity contribution in [2.45, 2.75) is 58.6 Å². The van der Waals surface area contributed by atoms with Gasteiger partial charge in [-0.05, 0) is 40.1 Å². The Morgan fingerprint density at radius 3 is 2.71 bits per heavy atom. The van der Waals surface area contributed by atoms with Crippen molar-refractivity contribution in [1.82, 2.24) is 9.78 Å². The van der Waals surface area contributed by atoms with Gasteiger partial charge < -0.3 is 9.31 Å². The molecule has 1 saturated heterocycles. The van der Waals surface area contributed by atoms with E-state index in [9.17, 15) is 0 Å². The summed E-state index contributed by atoms with van der Waals surface area (Å²) in [5.74, 6) is 0. The van der Waals surface area contributed by atoms with Crippen molar-refractivity contribution >= 4 is 12.7 Å². The summed E-state index contributed by atoms with van der Waals surface area (Å²) in [6.07, 6.45) is -4.12. The van der Waals surface area contributed by atoms with Crippen LogP contribution in [0.25, 0.3) is 0 Å². The normalized spacial score (nSPS) is 32.2. The first kappa shape index (κ1) is 5.45. The summed E-state index contributed by atoms with van der Waals surface area (Å²) in [4.78, 5) is 0. The lowest BCUT2D eigenvalue weighted by Crippen LogP contribution is -2.41. The summed E-state index contributed by atoms with van der Waals surface area (Å²) in [6, 6.07) is -0.520. The molecule has 0 saturated carbocycles. The molecule has 1 aliphatic rings. The molecule has 0 aliphatic carbocycles. The fourth-order valence-corrected chi connectivity index (χ4v) is 1.43. The molecule has 1 aliphatic heterocycles. The largest absolute Gasteiger partial charge is 0.516 e. The summed E-state index contributed by atoms with van der Waals surface area (Å²) >= 11 is 0. The van der Waals surface area contributed by atoms with E-state index in [4.69, 9.17) is 21.6 Å². The van der Waals surface area contributed by atoms with E-state index in [0.29, 0.717) is 0 Å². The maximum atomic E-state index is 8.02. The Morgan fingerprint density at radius 1 is 1.47 bits per heavy atom. The predicted molar refractivity (Wildman–Crippen MR) is 68.2 cm³/mol. The van der Waals surface area contributed by atoms with Crippen LogP contribution in [0.3, 0.4) is 0 Å². The molecule has 0 spiro atoms. The highest BCUT2D eigenvalue weighted by atomic mass is 16.7. The molecular formula is C12H21BN2O2. The van der Waals surface area contributed by atoms with E-state index in [0.717, 1.165) is 0 Å². The zero-order chi connectivity index (χ0) is 20.5. The molecule has 1 fully saturated rings. The Morgan fingerprint density at radius 2 is 2.12 bits per heavy atom. The Balaban J connectivity index is 2.52. The molecule has 1 aromatic rings. The second-order valence-electron chi connectivity index (χ2n) is 4.86. The Kier molecular flexibility index (Phi) is 1.33. The van der Waals surface area contributed by atoms with Gasteiger partial charge in [0.1, 0.15) is 0 Å². The molecule has 0 radical (unpaired) electrons. The van der Waals surface area contributed by atoms with Crippen molar-refractivity contribution in [3.05, 3.63) is 12.2 Å². The summed E-state index contributed by atoms with van der Waals surface area (Å²) in [5, 5.41) is 3.80. The van der Waals surface area contributed by atoms with Crippen LogP contribution in [0.5, 0.6) is 0 Å². The number of nitrogens with zero attached hydrogens (tertiary/aromatic N) is 2. The van der Waals surface area contributed by atoms with Crippen LogP contribution >= 0.6 is 0 Å². The van der Waals surface area contributed by atoms with E-state index in [1.54, 1.807) is 27.7 Å². The summed E-state index contributed by atoms with van der Waals surface area (Å²) in [6.45, 7) is 0.557. The van der Waals surface area contributed by atoms with E-state index in [-0.39, 0.29) is 10.3 Å². The predicted octanol–water partition coefficient (Wildman–Crippen LogP) is 1.59. The highest BCUT2D eigenvalue weighted by Crippen LogP contribution is 2.36. The maximum absolute atomic E-state index is 8.02. The molecule has 0 aromatic carbocycles. The van der Waals surface area contributed by atoms with Crippen molar-refractivity contribution in [2.75, 3.05) is 0 Å². The van der Waals surface area contributed by atoms with Gasteiger partial charge in [0, 0.05) is 19.5 Å². The van der Waals surface area contributed by atoms with Crippen LogP contribution in [0.2, 0.25) is 0 Å². The number of aromatic nitrogens is 2. The molecule has 94 valence electrons. The van der Waals surface area contributed by atoms with Crippen molar-refractivity contribution in [3.63, 3.8) is 0 Å². The Bertz CT molecular complexity index is 698. The van der Waals surface area contributed by atoms with E-state index >= 15 is 0 Å². The molecule has 5 heteroatoms. The molecular weight excluding hydrogens is 215 g/mol. The quantitative estimate of drug-likeness (QED) is 0.759. The van der Waals surface area contributed by atoms with Gasteiger partial charge in [0.15, 0.2) is 0 Å². The molecule has 17 heavy (non-hydrogen) atoms. The minimum Gasteiger partial charge on any atom is -0.398 e. The average Bonchev–Trinajstić information content (AvgIpc) is 2.83. The van der Waals surface area contributed by atoms with E-state index < -0.39 is 50.3 Å². The molecule has 0 N–H and O–H groups in total. The van der Waals surface area contributed by atoms with Gasteiger partial charge in [-0.25, -0.2) is 0 Å². The summed E-state index contributed by atoms with van der Waals surface area (Å²) < 4.78 is 80.8. The lowest BCUT2D eigenvalue weighted by molar-refractivity contribution is 0.00578. The first-order valence-corrected chi connectivity index (χ1v) is 5.29. The van der Waals surface area contributed by atoms with Gasteiger partial charge in [-0.1, -0.05) is 6.85 Å². The van der Waals surface area contributed by atoms with Crippen molar-refractivity contribution in [1.29, 1.82) is 0 Å². The standard InChI is InChI=1S/C12H21BN2O2/c1-6-8-15-9-7-10(14-15)13-16-11(2,3)12(4,5)17-13/h7,9H,6,8H2,1-5H3/i1D3,6D2,7D,8D2,9D. The average molecular weight is 245 g/mol. The van der Waals surface area contributed by atoms with Gasteiger partial charge in [-0.3, -0.25) is 4.68 Å². The highest BCUT2D eigenvalue weighted by Gasteiger charge is 2.52. The fraction of sp³-hybridized carbons (Fsp3) is 0.750. The zero-order valence-electron chi connectivity index (χ0n) is 19.3. The monoisotopic (exact) mass is 245 g/mol. The van der Waals surface area contributed by atoms with Crippen LogP contribution in [0.15, 0.2) is 12.2 Å². The number of rotatable bonds is 3. The molecule has 1 aromatic heterocycles. The van der Waals surface area contributed by atoms with E-state index in [1.807, 2.05) is 0 Å². The van der Waals surface area contributed by atoms with Crippen LogP contribution in [0, 0.1) is 0 Å². The third-order valence-corrected chi connectivity index (χ3v) is 3.14. The van der Waals surface area contributed by atoms with Crippen molar-refractivity contribution in [3.8, 4) is 0 Å². The van der Waals surface area contributed by atoms with Gasteiger partial charge in [-0.2, -0.15) is 5.10 Å². The van der Waals surface area contributed by atoms with Crippen LogP contribution in [-0.4, -0.2) is 28.1 Å². The lowest BCUT2D eigenvalue weighted by Gasteiger charge is -2.32. The third-order valence-electron chi connectivity index (χ3n) is 3.14. The first-order valence-electron chi connectivity index (χ1n) is 9.79. The van der Waals surface area contributed by atoms with Gasteiger partial charge >= 0.3 is 7.12 Å². The topological polar surface area (TPSA) is 36.3 Å². The van der Waals surface area contributed by atoms with Crippen LogP contribution in [0.1, 0.15) is 53.3 Å². The van der Waals surface area contributed by atoms with Gasteiger partial charge in [0.05, 0.1) is 22.3 Å². The molecule has 0 unspecified atom stereocenters. The number of aryl methyl sites for hydroxylation is 1. The zero-order valence-corrected chi connectivity index (χ0v) is 10.3. The van der Waals surface area contributed by atoms with Gasteiger partial charge in [-0.15, -0.1) is 0 Å².